The lowest BCUT2D eigenvalue weighted by molar-refractivity contribution is -0.137. The summed E-state index contributed by atoms with van der Waals surface area (Å²) in [6.45, 7) is 2.69. The van der Waals surface area contributed by atoms with Gasteiger partial charge < -0.3 is 14.9 Å². The molecule has 1 saturated heterocycles. The molecule has 3 atom stereocenters. The maximum atomic E-state index is 13.5. The van der Waals surface area contributed by atoms with E-state index in [2.05, 4.69) is 21.5 Å². The van der Waals surface area contributed by atoms with Gasteiger partial charge in [-0.15, -0.1) is 0 Å². The molecule has 2 N–H and O–H groups in total. The Morgan fingerprint density at radius 3 is 2.65 bits per heavy atom. The average molecular weight is 468 g/mol. The zero-order chi connectivity index (χ0) is 23.9. The van der Waals surface area contributed by atoms with E-state index < -0.39 is 11.9 Å². The molecule has 34 heavy (non-hydrogen) atoms. The summed E-state index contributed by atoms with van der Waals surface area (Å²) in [5, 5.41) is 16.6. The lowest BCUT2D eigenvalue weighted by atomic mass is 9.95. The fourth-order valence-electron chi connectivity index (χ4n) is 5.20. The van der Waals surface area contributed by atoms with Gasteiger partial charge in [-0.2, -0.15) is 4.98 Å². The Balaban J connectivity index is 1.29. The van der Waals surface area contributed by atoms with Crippen LogP contribution >= 0.6 is 0 Å². The third-order valence-corrected chi connectivity index (χ3v) is 7.04. The standard InChI is InChI=1S/C26H27F2N3O3/c1-15-10-19(22-11-16(14-29-22)12-23(32)33)6-7-21(15)24-30-25(34-31-24)18-4-2-17(3-5-18)20-8-9-26(27,28)13-20/h2-7,10,16,20,22,29H,8-9,11-14H2,1H3,(H,32,33). The number of aliphatic carboxylic acids is 1. The molecule has 6 nitrogen and oxygen atoms in total. The molecule has 0 amide bonds. The van der Waals surface area contributed by atoms with Crippen LogP contribution in [0.4, 0.5) is 8.78 Å². The fourth-order valence-corrected chi connectivity index (χ4v) is 5.20. The molecule has 1 aliphatic carbocycles. The number of carboxylic acids is 1. The van der Waals surface area contributed by atoms with Gasteiger partial charge in [0.05, 0.1) is 0 Å². The summed E-state index contributed by atoms with van der Waals surface area (Å²) < 4.78 is 32.6. The van der Waals surface area contributed by atoms with Gasteiger partial charge in [0.25, 0.3) is 5.89 Å². The second kappa shape index (κ2) is 8.91. The van der Waals surface area contributed by atoms with Crippen LogP contribution in [0.5, 0.6) is 0 Å². The van der Waals surface area contributed by atoms with Crippen molar-refractivity contribution < 1.29 is 23.2 Å². The highest BCUT2D eigenvalue weighted by Crippen LogP contribution is 2.44. The molecule has 0 radical (unpaired) electrons. The first kappa shape index (κ1) is 22.7. The molecule has 1 saturated carbocycles. The zero-order valence-electron chi connectivity index (χ0n) is 18.9. The molecule has 8 heteroatoms. The number of rotatable bonds is 6. The minimum Gasteiger partial charge on any atom is -0.481 e. The summed E-state index contributed by atoms with van der Waals surface area (Å²) in [5.74, 6) is -2.43. The highest BCUT2D eigenvalue weighted by Gasteiger charge is 2.39. The summed E-state index contributed by atoms with van der Waals surface area (Å²) in [6, 6.07) is 13.6. The van der Waals surface area contributed by atoms with Crippen LogP contribution in [0.2, 0.25) is 0 Å². The number of carbonyl (C=O) groups is 1. The number of nitrogens with one attached hydrogen (secondary N) is 1. The first-order chi connectivity index (χ1) is 16.3. The lowest BCUT2D eigenvalue weighted by Gasteiger charge is -2.13. The number of nitrogens with zero attached hydrogens (tertiary/aromatic N) is 2. The molecule has 3 unspecified atom stereocenters. The van der Waals surface area contributed by atoms with E-state index in [1.54, 1.807) is 0 Å². The minimum atomic E-state index is -2.56. The van der Waals surface area contributed by atoms with Crippen molar-refractivity contribution in [3.63, 3.8) is 0 Å². The van der Waals surface area contributed by atoms with Crippen LogP contribution in [0.3, 0.4) is 0 Å². The van der Waals surface area contributed by atoms with E-state index in [9.17, 15) is 13.6 Å². The van der Waals surface area contributed by atoms with E-state index in [0.717, 1.165) is 34.2 Å². The first-order valence-electron chi connectivity index (χ1n) is 11.7. The Bertz CT molecular complexity index is 1190. The molecule has 3 aromatic rings. The van der Waals surface area contributed by atoms with Crippen LogP contribution in [0.25, 0.3) is 22.8 Å². The van der Waals surface area contributed by atoms with Crippen molar-refractivity contribution in [2.45, 2.75) is 56.9 Å². The number of benzene rings is 2. The van der Waals surface area contributed by atoms with Gasteiger partial charge in [-0.05, 0) is 67.0 Å². The van der Waals surface area contributed by atoms with Crippen molar-refractivity contribution in [2.75, 3.05) is 6.54 Å². The summed E-state index contributed by atoms with van der Waals surface area (Å²) in [7, 11) is 0. The number of aryl methyl sites for hydroxylation is 1. The number of hydrogen-bond acceptors (Lipinski definition) is 5. The molecule has 2 aliphatic rings. The largest absolute Gasteiger partial charge is 0.481 e. The molecular weight excluding hydrogens is 440 g/mol. The molecular formula is C26H27F2N3O3. The fraction of sp³-hybridized carbons (Fsp3) is 0.423. The van der Waals surface area contributed by atoms with Crippen LogP contribution in [0.1, 0.15) is 60.8 Å². The number of hydrogen-bond donors (Lipinski definition) is 2. The zero-order valence-corrected chi connectivity index (χ0v) is 18.9. The molecule has 1 aliphatic heterocycles. The van der Waals surface area contributed by atoms with Gasteiger partial charge in [0.2, 0.25) is 11.7 Å². The third-order valence-electron chi connectivity index (χ3n) is 7.04. The van der Waals surface area contributed by atoms with Crippen molar-refractivity contribution in [1.82, 2.24) is 15.5 Å². The monoisotopic (exact) mass is 467 g/mol. The third kappa shape index (κ3) is 4.73. The molecule has 2 aromatic carbocycles. The number of alkyl halides is 2. The van der Waals surface area contributed by atoms with Crippen LogP contribution in [0, 0.1) is 12.8 Å². The SMILES string of the molecule is Cc1cc(C2CC(CC(=O)O)CN2)ccc1-c1noc(-c2ccc(C3CCC(F)(F)C3)cc2)n1. The molecule has 5 rings (SSSR count). The van der Waals surface area contributed by atoms with E-state index in [0.29, 0.717) is 24.7 Å². The smallest absolute Gasteiger partial charge is 0.303 e. The molecule has 2 fully saturated rings. The summed E-state index contributed by atoms with van der Waals surface area (Å²) >= 11 is 0. The highest BCUT2D eigenvalue weighted by atomic mass is 19.3. The Hall–Kier alpha value is -3.13. The van der Waals surface area contributed by atoms with Gasteiger partial charge in [-0.1, -0.05) is 35.5 Å². The van der Waals surface area contributed by atoms with E-state index >= 15 is 0 Å². The molecule has 178 valence electrons. The van der Waals surface area contributed by atoms with Crippen molar-refractivity contribution in [2.24, 2.45) is 5.92 Å². The van der Waals surface area contributed by atoms with E-state index in [4.69, 9.17) is 9.63 Å². The van der Waals surface area contributed by atoms with Crippen molar-refractivity contribution in [3.8, 4) is 22.8 Å². The second-order valence-corrected chi connectivity index (χ2v) is 9.58. The number of aromatic nitrogens is 2. The van der Waals surface area contributed by atoms with Gasteiger partial charge in [-0.25, -0.2) is 8.78 Å². The predicted molar refractivity (Wildman–Crippen MR) is 123 cm³/mol. The minimum absolute atomic E-state index is 0.0513. The quantitative estimate of drug-likeness (QED) is 0.481. The number of carboxylic acid groups (broad SMARTS) is 1. The Kier molecular flexibility index (Phi) is 5.93. The van der Waals surface area contributed by atoms with Gasteiger partial charge in [0.1, 0.15) is 0 Å². The number of halogens is 2. The summed E-state index contributed by atoms with van der Waals surface area (Å²) in [6.07, 6.45) is 1.34. The first-order valence-corrected chi connectivity index (χ1v) is 11.7. The van der Waals surface area contributed by atoms with Gasteiger partial charge in [-0.3, -0.25) is 4.79 Å². The molecule has 1 aromatic heterocycles. The van der Waals surface area contributed by atoms with Crippen LogP contribution in [0.15, 0.2) is 47.0 Å². The predicted octanol–water partition coefficient (Wildman–Crippen LogP) is 5.74. The van der Waals surface area contributed by atoms with Crippen molar-refractivity contribution >= 4 is 5.97 Å². The van der Waals surface area contributed by atoms with Gasteiger partial charge in [0, 0.05) is 36.4 Å². The molecule has 0 bridgehead atoms. The Morgan fingerprint density at radius 2 is 1.97 bits per heavy atom. The van der Waals surface area contributed by atoms with Crippen LogP contribution in [-0.2, 0) is 4.79 Å². The highest BCUT2D eigenvalue weighted by molar-refractivity contribution is 5.67. The Morgan fingerprint density at radius 1 is 1.21 bits per heavy atom. The van der Waals surface area contributed by atoms with Gasteiger partial charge in [0.15, 0.2) is 0 Å². The van der Waals surface area contributed by atoms with E-state index in [1.807, 2.05) is 43.3 Å². The van der Waals surface area contributed by atoms with E-state index in [-0.39, 0.29) is 37.1 Å². The summed E-state index contributed by atoms with van der Waals surface area (Å²) in [5.41, 5.74) is 4.65. The van der Waals surface area contributed by atoms with Crippen LogP contribution < -0.4 is 5.32 Å². The van der Waals surface area contributed by atoms with Crippen LogP contribution in [-0.4, -0.2) is 33.7 Å². The second-order valence-electron chi connectivity index (χ2n) is 9.58. The summed E-state index contributed by atoms with van der Waals surface area (Å²) in [4.78, 5) is 15.5. The topological polar surface area (TPSA) is 88.2 Å². The molecule has 0 spiro atoms. The maximum Gasteiger partial charge on any atom is 0.303 e. The van der Waals surface area contributed by atoms with E-state index in [1.165, 1.54) is 0 Å². The van der Waals surface area contributed by atoms with Crippen molar-refractivity contribution in [1.29, 1.82) is 0 Å². The Labute approximate surface area is 196 Å². The lowest BCUT2D eigenvalue weighted by Crippen LogP contribution is -2.14. The molecule has 2 heterocycles. The normalized spacial score (nSPS) is 23.9. The van der Waals surface area contributed by atoms with Crippen molar-refractivity contribution in [3.05, 3.63) is 59.2 Å². The van der Waals surface area contributed by atoms with Gasteiger partial charge >= 0.3 is 5.97 Å². The maximum absolute atomic E-state index is 13.5. The average Bonchev–Trinajstić information content (AvgIpc) is 3.53.